The summed E-state index contributed by atoms with van der Waals surface area (Å²) in [6.45, 7) is 7.29. The Morgan fingerprint density at radius 1 is 1.33 bits per heavy atom. The van der Waals surface area contributed by atoms with Crippen LogP contribution in [0.15, 0.2) is 0 Å². The molecular formula is C14H27ClN2O. The molecule has 0 radical (unpaired) electrons. The van der Waals surface area contributed by atoms with Crippen LogP contribution < -0.4 is 5.32 Å². The zero-order valence-electron chi connectivity index (χ0n) is 11.7. The van der Waals surface area contributed by atoms with Gasteiger partial charge in [0.05, 0.1) is 0 Å². The van der Waals surface area contributed by atoms with Crippen LogP contribution in [0.1, 0.15) is 46.0 Å². The van der Waals surface area contributed by atoms with Crippen LogP contribution in [-0.4, -0.2) is 36.5 Å². The Bertz CT molecular complexity index is 259. The Labute approximate surface area is 117 Å². The second-order valence-electron chi connectivity index (χ2n) is 5.67. The van der Waals surface area contributed by atoms with E-state index in [-0.39, 0.29) is 18.3 Å². The number of nitrogens with one attached hydrogen (secondary N) is 1. The smallest absolute Gasteiger partial charge is 0.225 e. The van der Waals surface area contributed by atoms with Crippen molar-refractivity contribution in [3.05, 3.63) is 0 Å². The molecule has 0 bridgehead atoms. The quantitative estimate of drug-likeness (QED) is 0.857. The summed E-state index contributed by atoms with van der Waals surface area (Å²) in [5.74, 6) is 1.37. The van der Waals surface area contributed by atoms with Gasteiger partial charge in [-0.1, -0.05) is 13.8 Å². The van der Waals surface area contributed by atoms with Gasteiger partial charge >= 0.3 is 0 Å². The maximum absolute atomic E-state index is 12.1. The highest BCUT2D eigenvalue weighted by atomic mass is 35.5. The van der Waals surface area contributed by atoms with Crippen molar-refractivity contribution in [2.75, 3.05) is 19.6 Å². The molecule has 2 rings (SSSR count). The van der Waals surface area contributed by atoms with Crippen molar-refractivity contribution in [2.45, 2.75) is 52.0 Å². The average Bonchev–Trinajstić information content (AvgIpc) is 2.91. The van der Waals surface area contributed by atoms with Crippen molar-refractivity contribution in [3.63, 3.8) is 0 Å². The summed E-state index contributed by atoms with van der Waals surface area (Å²) in [5, 5.41) is 3.60. The van der Waals surface area contributed by atoms with Gasteiger partial charge in [0, 0.05) is 25.0 Å². The molecule has 2 aliphatic rings. The van der Waals surface area contributed by atoms with Crippen LogP contribution in [0, 0.1) is 11.8 Å². The molecule has 4 heteroatoms. The first-order chi connectivity index (χ1) is 8.22. The lowest BCUT2D eigenvalue weighted by Crippen LogP contribution is -2.44. The molecule has 2 aliphatic heterocycles. The highest BCUT2D eigenvalue weighted by Gasteiger charge is 2.30. The van der Waals surface area contributed by atoms with Gasteiger partial charge in [0.2, 0.25) is 5.91 Å². The molecule has 0 aliphatic carbocycles. The van der Waals surface area contributed by atoms with E-state index in [1.165, 1.54) is 32.2 Å². The fraction of sp³-hybridized carbons (Fsp3) is 0.929. The minimum Gasteiger partial charge on any atom is -0.342 e. The van der Waals surface area contributed by atoms with Gasteiger partial charge in [-0.05, 0) is 44.6 Å². The fourth-order valence-corrected chi connectivity index (χ4v) is 3.12. The average molecular weight is 275 g/mol. The molecule has 0 aromatic rings. The van der Waals surface area contributed by atoms with E-state index in [0.29, 0.717) is 5.91 Å². The van der Waals surface area contributed by atoms with Crippen molar-refractivity contribution >= 4 is 18.3 Å². The van der Waals surface area contributed by atoms with E-state index in [0.717, 1.165) is 31.5 Å². The van der Waals surface area contributed by atoms with Crippen LogP contribution in [0.25, 0.3) is 0 Å². The maximum atomic E-state index is 12.1. The van der Waals surface area contributed by atoms with Crippen LogP contribution in [-0.2, 0) is 4.79 Å². The summed E-state index contributed by atoms with van der Waals surface area (Å²) in [7, 11) is 0. The second kappa shape index (κ2) is 7.34. The van der Waals surface area contributed by atoms with Gasteiger partial charge in [-0.15, -0.1) is 12.4 Å². The number of hydrogen-bond acceptors (Lipinski definition) is 2. The van der Waals surface area contributed by atoms with E-state index in [4.69, 9.17) is 0 Å². The van der Waals surface area contributed by atoms with Crippen LogP contribution in [0.3, 0.4) is 0 Å². The Morgan fingerprint density at radius 3 is 2.50 bits per heavy atom. The summed E-state index contributed by atoms with van der Waals surface area (Å²) in [6, 6.07) is 0.732. The summed E-state index contributed by atoms with van der Waals surface area (Å²) < 4.78 is 0. The lowest BCUT2D eigenvalue weighted by molar-refractivity contribution is -0.136. The maximum Gasteiger partial charge on any atom is 0.225 e. The predicted molar refractivity (Wildman–Crippen MR) is 77.0 cm³/mol. The lowest BCUT2D eigenvalue weighted by atomic mass is 9.88. The van der Waals surface area contributed by atoms with E-state index >= 15 is 0 Å². The van der Waals surface area contributed by atoms with Crippen LogP contribution in [0.4, 0.5) is 0 Å². The van der Waals surface area contributed by atoms with Crippen molar-refractivity contribution < 1.29 is 4.79 Å². The van der Waals surface area contributed by atoms with Gasteiger partial charge in [-0.3, -0.25) is 4.79 Å². The number of piperidine rings is 1. The van der Waals surface area contributed by atoms with Crippen molar-refractivity contribution in [3.8, 4) is 0 Å². The first-order valence-electron chi connectivity index (χ1n) is 7.24. The second-order valence-corrected chi connectivity index (χ2v) is 5.67. The van der Waals surface area contributed by atoms with Gasteiger partial charge in [-0.25, -0.2) is 0 Å². The Kier molecular flexibility index (Phi) is 6.44. The molecule has 0 aromatic carbocycles. The summed E-state index contributed by atoms with van der Waals surface area (Å²) >= 11 is 0. The highest BCUT2D eigenvalue weighted by Crippen LogP contribution is 2.26. The number of hydrogen-bond donors (Lipinski definition) is 1. The van der Waals surface area contributed by atoms with E-state index < -0.39 is 0 Å². The van der Waals surface area contributed by atoms with Crippen molar-refractivity contribution in [2.24, 2.45) is 11.8 Å². The molecule has 2 fully saturated rings. The molecule has 2 atom stereocenters. The van der Waals surface area contributed by atoms with Crippen LogP contribution in [0.2, 0.25) is 0 Å². The minimum absolute atomic E-state index is 0. The third-order valence-corrected chi connectivity index (χ3v) is 4.55. The van der Waals surface area contributed by atoms with Gasteiger partial charge in [0.1, 0.15) is 0 Å². The minimum atomic E-state index is 0. The number of carbonyl (C=O) groups is 1. The summed E-state index contributed by atoms with van der Waals surface area (Å²) in [5.41, 5.74) is 0. The highest BCUT2D eigenvalue weighted by molar-refractivity contribution is 5.85. The molecule has 0 saturated carbocycles. The fourth-order valence-electron chi connectivity index (χ4n) is 3.12. The molecule has 3 nitrogen and oxygen atoms in total. The zero-order valence-corrected chi connectivity index (χ0v) is 12.5. The number of amides is 1. The van der Waals surface area contributed by atoms with Gasteiger partial charge in [0.25, 0.3) is 0 Å². The molecule has 1 amide bonds. The number of rotatable bonds is 3. The molecular weight excluding hydrogens is 248 g/mol. The van der Waals surface area contributed by atoms with E-state index in [1.54, 1.807) is 0 Å². The SMILES string of the molecule is CCC(C)C(=O)N1CCC(C2CCCN2)CC1.Cl. The molecule has 2 saturated heterocycles. The largest absolute Gasteiger partial charge is 0.342 e. The van der Waals surface area contributed by atoms with Crippen LogP contribution in [0.5, 0.6) is 0 Å². The van der Waals surface area contributed by atoms with E-state index in [2.05, 4.69) is 17.1 Å². The van der Waals surface area contributed by atoms with Gasteiger partial charge < -0.3 is 10.2 Å². The van der Waals surface area contributed by atoms with Crippen molar-refractivity contribution in [1.82, 2.24) is 10.2 Å². The summed E-state index contributed by atoms with van der Waals surface area (Å²) in [6.07, 6.45) is 6.02. The Balaban J connectivity index is 0.00000162. The Morgan fingerprint density at radius 2 is 2.00 bits per heavy atom. The van der Waals surface area contributed by atoms with E-state index in [9.17, 15) is 4.79 Å². The first kappa shape index (κ1) is 15.8. The molecule has 0 aromatic heterocycles. The zero-order chi connectivity index (χ0) is 12.3. The predicted octanol–water partition coefficient (Wildman–Crippen LogP) is 2.44. The Hall–Kier alpha value is -0.280. The monoisotopic (exact) mass is 274 g/mol. The third kappa shape index (κ3) is 3.61. The molecule has 0 spiro atoms. The normalized spacial score (nSPS) is 26.8. The lowest BCUT2D eigenvalue weighted by Gasteiger charge is -2.36. The molecule has 106 valence electrons. The number of nitrogens with zero attached hydrogens (tertiary/aromatic N) is 1. The van der Waals surface area contributed by atoms with Crippen molar-refractivity contribution in [1.29, 1.82) is 0 Å². The molecule has 1 N–H and O–H groups in total. The summed E-state index contributed by atoms with van der Waals surface area (Å²) in [4.78, 5) is 14.2. The number of likely N-dealkylation sites (tertiary alicyclic amines) is 1. The number of carbonyl (C=O) groups excluding carboxylic acids is 1. The number of halogens is 1. The van der Waals surface area contributed by atoms with E-state index in [1.807, 2.05) is 6.92 Å². The molecule has 2 unspecified atom stereocenters. The molecule has 18 heavy (non-hydrogen) atoms. The van der Waals surface area contributed by atoms with Gasteiger partial charge in [0.15, 0.2) is 0 Å². The van der Waals surface area contributed by atoms with Gasteiger partial charge in [-0.2, -0.15) is 0 Å². The molecule has 2 heterocycles. The topological polar surface area (TPSA) is 32.3 Å². The third-order valence-electron chi connectivity index (χ3n) is 4.55. The van der Waals surface area contributed by atoms with Crippen LogP contribution >= 0.6 is 12.4 Å². The standard InChI is InChI=1S/C14H26N2O.ClH/c1-3-11(2)14(17)16-9-6-12(7-10-16)13-5-4-8-15-13;/h11-13,15H,3-10H2,1-2H3;1H. The first-order valence-corrected chi connectivity index (χ1v) is 7.24.